The molecule has 0 radical (unpaired) electrons. The second-order valence-corrected chi connectivity index (χ2v) is 8.35. The molecule has 1 atom stereocenters. The van der Waals surface area contributed by atoms with E-state index in [0.29, 0.717) is 31.4 Å². The number of benzene rings is 2. The molecule has 1 unspecified atom stereocenters. The normalized spacial score (nSPS) is 16.0. The van der Waals surface area contributed by atoms with Gasteiger partial charge >= 0.3 is 5.97 Å². The zero-order valence-corrected chi connectivity index (χ0v) is 18.7. The van der Waals surface area contributed by atoms with Gasteiger partial charge in [-0.15, -0.1) is 0 Å². The number of allylic oxidation sites excluding steroid dienone is 1. The van der Waals surface area contributed by atoms with Crippen molar-refractivity contribution in [3.63, 3.8) is 0 Å². The van der Waals surface area contributed by atoms with Gasteiger partial charge in [-0.05, 0) is 48.4 Å². The van der Waals surface area contributed by atoms with Crippen LogP contribution in [-0.2, 0) is 9.53 Å². The summed E-state index contributed by atoms with van der Waals surface area (Å²) in [6, 6.07) is 13.8. The Kier molecular flexibility index (Phi) is 5.80. The van der Waals surface area contributed by atoms with E-state index < -0.39 is 12.0 Å². The topological polar surface area (TPSA) is 69.9 Å². The highest BCUT2D eigenvalue weighted by atomic mass is 35.5. The summed E-state index contributed by atoms with van der Waals surface area (Å²) >= 11 is 7.35. The molecule has 0 bridgehead atoms. The monoisotopic (exact) mass is 454 g/mol. The van der Waals surface area contributed by atoms with Crippen LogP contribution in [0.4, 0.5) is 0 Å². The minimum Gasteiger partial charge on any atom is -0.497 e. The molecule has 31 heavy (non-hydrogen) atoms. The van der Waals surface area contributed by atoms with Crippen molar-refractivity contribution < 1.29 is 14.3 Å². The highest BCUT2D eigenvalue weighted by Crippen LogP contribution is 2.31. The van der Waals surface area contributed by atoms with Gasteiger partial charge in [-0.25, -0.2) is 9.79 Å². The number of esters is 1. The van der Waals surface area contributed by atoms with Gasteiger partial charge in [0.2, 0.25) is 0 Å². The fourth-order valence-corrected chi connectivity index (χ4v) is 4.79. The van der Waals surface area contributed by atoms with Crippen molar-refractivity contribution in [1.29, 1.82) is 0 Å². The average Bonchev–Trinajstić information content (AvgIpc) is 3.07. The Morgan fingerprint density at radius 2 is 1.94 bits per heavy atom. The van der Waals surface area contributed by atoms with E-state index in [0.717, 1.165) is 11.1 Å². The number of thiazole rings is 1. The van der Waals surface area contributed by atoms with Crippen molar-refractivity contribution in [2.75, 3.05) is 14.2 Å². The maximum absolute atomic E-state index is 13.4. The number of hydrogen-bond donors (Lipinski definition) is 0. The number of ether oxygens (including phenoxy) is 2. The lowest BCUT2D eigenvalue weighted by atomic mass is 9.96. The Balaban J connectivity index is 1.96. The lowest BCUT2D eigenvalue weighted by Crippen LogP contribution is -2.39. The number of nitrogens with zero attached hydrogens (tertiary/aromatic N) is 2. The van der Waals surface area contributed by atoms with Gasteiger partial charge in [0.1, 0.15) is 5.75 Å². The smallest absolute Gasteiger partial charge is 0.338 e. The number of fused-ring (bicyclic) bond motifs is 1. The molecular formula is C23H19ClN2O4S. The van der Waals surface area contributed by atoms with Crippen LogP contribution in [0.5, 0.6) is 5.75 Å². The second kappa shape index (κ2) is 8.53. The molecule has 0 saturated carbocycles. The molecule has 0 amide bonds. The van der Waals surface area contributed by atoms with Crippen molar-refractivity contribution in [1.82, 2.24) is 4.57 Å². The van der Waals surface area contributed by atoms with Gasteiger partial charge in [-0.3, -0.25) is 9.36 Å². The molecule has 3 aromatic rings. The largest absolute Gasteiger partial charge is 0.497 e. The molecule has 0 N–H and O–H groups in total. The number of carbonyl (C=O) groups excluding carboxylic acids is 1. The third-order valence-corrected chi connectivity index (χ3v) is 6.22. The van der Waals surface area contributed by atoms with Crippen molar-refractivity contribution >= 4 is 35.0 Å². The third kappa shape index (κ3) is 3.94. The number of rotatable bonds is 4. The summed E-state index contributed by atoms with van der Waals surface area (Å²) in [6.07, 6.45) is 1.78. The number of methoxy groups -OCH3 is 2. The summed E-state index contributed by atoms with van der Waals surface area (Å²) in [5.74, 6) is 0.156. The number of halogens is 1. The van der Waals surface area contributed by atoms with Gasteiger partial charge in [0, 0.05) is 5.02 Å². The van der Waals surface area contributed by atoms with E-state index in [2.05, 4.69) is 4.99 Å². The summed E-state index contributed by atoms with van der Waals surface area (Å²) in [7, 11) is 2.90. The molecule has 1 aliphatic rings. The van der Waals surface area contributed by atoms with Gasteiger partial charge in [0.05, 0.1) is 36.1 Å². The Bertz CT molecular complexity index is 1370. The molecular weight excluding hydrogens is 436 g/mol. The van der Waals surface area contributed by atoms with Gasteiger partial charge in [0.15, 0.2) is 4.80 Å². The molecule has 1 aromatic heterocycles. The van der Waals surface area contributed by atoms with Crippen LogP contribution in [0.1, 0.15) is 24.1 Å². The lowest BCUT2D eigenvalue weighted by molar-refractivity contribution is -0.136. The van der Waals surface area contributed by atoms with Crippen LogP contribution in [0.2, 0.25) is 5.02 Å². The van der Waals surface area contributed by atoms with Gasteiger partial charge in [-0.1, -0.05) is 47.2 Å². The van der Waals surface area contributed by atoms with Crippen LogP contribution in [0.3, 0.4) is 0 Å². The Hall–Kier alpha value is -3.16. The first-order valence-corrected chi connectivity index (χ1v) is 10.6. The second-order valence-electron chi connectivity index (χ2n) is 6.90. The molecule has 0 saturated heterocycles. The molecule has 2 heterocycles. The maximum Gasteiger partial charge on any atom is 0.338 e. The van der Waals surface area contributed by atoms with Crippen LogP contribution in [0, 0.1) is 0 Å². The van der Waals surface area contributed by atoms with Crippen LogP contribution in [-0.4, -0.2) is 24.8 Å². The highest BCUT2D eigenvalue weighted by Gasteiger charge is 2.33. The summed E-state index contributed by atoms with van der Waals surface area (Å²) in [4.78, 5) is 31.1. The SMILES string of the molecule is COC(=O)C1=C(C)N=c2s/c(=C\c3cccc(Cl)c3)c(=O)n2C1c1ccc(OC)cc1. The van der Waals surface area contributed by atoms with E-state index in [1.165, 1.54) is 18.4 Å². The zero-order valence-electron chi connectivity index (χ0n) is 17.1. The fraction of sp³-hybridized carbons (Fsp3) is 0.174. The minimum atomic E-state index is -0.656. The Labute approximate surface area is 187 Å². The number of carbonyl (C=O) groups is 1. The molecule has 1 aliphatic heterocycles. The summed E-state index contributed by atoms with van der Waals surface area (Å²) in [5.41, 5.74) is 2.17. The zero-order chi connectivity index (χ0) is 22.1. The standard InChI is InChI=1S/C23H19ClN2O4S/c1-13-19(22(28)30-3)20(15-7-9-17(29-2)10-8-15)26-21(27)18(31-23(26)25-13)12-14-5-4-6-16(24)11-14/h4-12,20H,1-3H3/b18-12-. The fourth-order valence-electron chi connectivity index (χ4n) is 3.54. The number of aromatic nitrogens is 1. The van der Waals surface area contributed by atoms with E-state index >= 15 is 0 Å². The van der Waals surface area contributed by atoms with Gasteiger partial charge in [0.25, 0.3) is 5.56 Å². The molecule has 4 rings (SSSR count). The van der Waals surface area contributed by atoms with Crippen molar-refractivity contribution in [3.05, 3.63) is 95.6 Å². The Morgan fingerprint density at radius 1 is 1.19 bits per heavy atom. The van der Waals surface area contributed by atoms with Crippen molar-refractivity contribution in [2.45, 2.75) is 13.0 Å². The quantitative estimate of drug-likeness (QED) is 0.568. The van der Waals surface area contributed by atoms with Crippen molar-refractivity contribution in [2.24, 2.45) is 4.99 Å². The molecule has 6 nitrogen and oxygen atoms in total. The van der Waals surface area contributed by atoms with E-state index in [-0.39, 0.29) is 5.56 Å². The first-order valence-electron chi connectivity index (χ1n) is 9.43. The van der Waals surface area contributed by atoms with Crippen LogP contribution >= 0.6 is 22.9 Å². The van der Waals surface area contributed by atoms with Crippen LogP contribution < -0.4 is 19.6 Å². The average molecular weight is 455 g/mol. The number of hydrogen-bond acceptors (Lipinski definition) is 6. The van der Waals surface area contributed by atoms with Gasteiger partial charge in [-0.2, -0.15) is 0 Å². The summed E-state index contributed by atoms with van der Waals surface area (Å²) in [6.45, 7) is 1.75. The first kappa shape index (κ1) is 21.1. The van der Waals surface area contributed by atoms with E-state index in [1.807, 2.05) is 24.3 Å². The van der Waals surface area contributed by atoms with E-state index in [4.69, 9.17) is 21.1 Å². The maximum atomic E-state index is 13.4. The highest BCUT2D eigenvalue weighted by molar-refractivity contribution is 7.07. The summed E-state index contributed by atoms with van der Waals surface area (Å²) in [5, 5.41) is 0.585. The molecule has 8 heteroatoms. The van der Waals surface area contributed by atoms with E-state index in [1.54, 1.807) is 48.9 Å². The van der Waals surface area contributed by atoms with E-state index in [9.17, 15) is 9.59 Å². The summed E-state index contributed by atoms with van der Waals surface area (Å²) < 4.78 is 12.3. The minimum absolute atomic E-state index is 0.238. The molecule has 158 valence electrons. The van der Waals surface area contributed by atoms with Crippen molar-refractivity contribution in [3.8, 4) is 5.75 Å². The van der Waals surface area contributed by atoms with Crippen LogP contribution in [0.15, 0.2) is 69.6 Å². The lowest BCUT2D eigenvalue weighted by Gasteiger charge is -2.24. The predicted octanol–water partition coefficient (Wildman–Crippen LogP) is 3.07. The molecule has 0 spiro atoms. The molecule has 0 fully saturated rings. The van der Waals surface area contributed by atoms with Crippen LogP contribution in [0.25, 0.3) is 6.08 Å². The molecule has 0 aliphatic carbocycles. The molecule has 2 aromatic carbocycles. The van der Waals surface area contributed by atoms with Gasteiger partial charge < -0.3 is 9.47 Å². The Morgan fingerprint density at radius 3 is 2.58 bits per heavy atom. The first-order chi connectivity index (χ1) is 14.9. The predicted molar refractivity (Wildman–Crippen MR) is 120 cm³/mol. The third-order valence-electron chi connectivity index (χ3n) is 5.00.